The number of carbonyl (C=O) groups is 1. The second-order valence-corrected chi connectivity index (χ2v) is 7.83. The SMILES string of the molecule is CCS(=O)(=O)N(C)CC(=O)NC(CN)C1CCCCC1. The zero-order valence-corrected chi connectivity index (χ0v) is 13.3. The highest BCUT2D eigenvalue weighted by Crippen LogP contribution is 2.26. The number of hydrogen-bond donors (Lipinski definition) is 2. The van der Waals surface area contributed by atoms with E-state index < -0.39 is 10.0 Å². The zero-order valence-electron chi connectivity index (χ0n) is 12.5. The predicted octanol–water partition coefficient (Wildman–Crippen LogP) is 0.292. The Morgan fingerprint density at radius 1 is 1.35 bits per heavy atom. The van der Waals surface area contributed by atoms with Crippen LogP contribution in [0.5, 0.6) is 0 Å². The van der Waals surface area contributed by atoms with Crippen LogP contribution in [0.3, 0.4) is 0 Å². The summed E-state index contributed by atoms with van der Waals surface area (Å²) in [4.78, 5) is 12.0. The third-order valence-electron chi connectivity index (χ3n) is 4.03. The van der Waals surface area contributed by atoms with Gasteiger partial charge in [0.25, 0.3) is 0 Å². The Balaban J connectivity index is 2.50. The number of nitrogens with one attached hydrogen (secondary N) is 1. The first-order chi connectivity index (χ1) is 9.40. The molecule has 0 radical (unpaired) electrons. The highest BCUT2D eigenvalue weighted by atomic mass is 32.2. The van der Waals surface area contributed by atoms with Crippen LogP contribution in [0.2, 0.25) is 0 Å². The van der Waals surface area contributed by atoms with Gasteiger partial charge in [0.05, 0.1) is 12.3 Å². The number of nitrogens with zero attached hydrogens (tertiary/aromatic N) is 1. The van der Waals surface area contributed by atoms with Crippen molar-refractivity contribution in [1.82, 2.24) is 9.62 Å². The number of hydrogen-bond acceptors (Lipinski definition) is 4. The normalized spacial score (nSPS) is 19.0. The fourth-order valence-electron chi connectivity index (χ4n) is 2.68. The van der Waals surface area contributed by atoms with Gasteiger partial charge in [-0.1, -0.05) is 19.3 Å². The number of carbonyl (C=O) groups excluding carboxylic acids is 1. The molecule has 1 atom stereocenters. The third kappa shape index (κ3) is 5.03. The Labute approximate surface area is 122 Å². The molecule has 1 aliphatic rings. The summed E-state index contributed by atoms with van der Waals surface area (Å²) in [6.45, 7) is 1.83. The lowest BCUT2D eigenvalue weighted by atomic mass is 9.84. The summed E-state index contributed by atoms with van der Waals surface area (Å²) in [5, 5.41) is 2.89. The van der Waals surface area contributed by atoms with E-state index in [0.717, 1.165) is 17.1 Å². The lowest BCUT2D eigenvalue weighted by Gasteiger charge is -2.30. The summed E-state index contributed by atoms with van der Waals surface area (Å²) < 4.78 is 24.3. The van der Waals surface area contributed by atoms with Gasteiger partial charge in [-0.25, -0.2) is 8.42 Å². The smallest absolute Gasteiger partial charge is 0.235 e. The molecule has 1 unspecified atom stereocenters. The molecule has 1 fully saturated rings. The van der Waals surface area contributed by atoms with E-state index in [1.54, 1.807) is 6.92 Å². The Morgan fingerprint density at radius 2 is 1.95 bits per heavy atom. The summed E-state index contributed by atoms with van der Waals surface area (Å²) in [5.41, 5.74) is 5.75. The van der Waals surface area contributed by atoms with E-state index in [0.29, 0.717) is 12.5 Å². The van der Waals surface area contributed by atoms with E-state index in [1.807, 2.05) is 0 Å². The van der Waals surface area contributed by atoms with Crippen LogP contribution in [0.25, 0.3) is 0 Å². The first-order valence-corrected chi connectivity index (χ1v) is 8.95. The van der Waals surface area contributed by atoms with Gasteiger partial charge >= 0.3 is 0 Å². The Kier molecular flexibility index (Phi) is 6.91. The van der Waals surface area contributed by atoms with Gasteiger partial charge < -0.3 is 11.1 Å². The van der Waals surface area contributed by atoms with Gasteiger partial charge in [0.1, 0.15) is 0 Å². The maximum atomic E-state index is 12.0. The fraction of sp³-hybridized carbons (Fsp3) is 0.923. The number of sulfonamides is 1. The molecule has 0 spiro atoms. The van der Waals surface area contributed by atoms with Crippen LogP contribution in [-0.4, -0.2) is 50.6 Å². The predicted molar refractivity (Wildman–Crippen MR) is 79.7 cm³/mol. The minimum Gasteiger partial charge on any atom is -0.351 e. The monoisotopic (exact) mass is 305 g/mol. The van der Waals surface area contributed by atoms with Crippen LogP contribution < -0.4 is 11.1 Å². The largest absolute Gasteiger partial charge is 0.351 e. The molecule has 1 rings (SSSR count). The highest BCUT2D eigenvalue weighted by Gasteiger charge is 2.25. The summed E-state index contributed by atoms with van der Waals surface area (Å²) >= 11 is 0. The van der Waals surface area contributed by atoms with Gasteiger partial charge in [0.2, 0.25) is 15.9 Å². The molecule has 6 nitrogen and oxygen atoms in total. The van der Waals surface area contributed by atoms with Crippen molar-refractivity contribution in [3.05, 3.63) is 0 Å². The van der Waals surface area contributed by atoms with Crippen molar-refractivity contribution in [2.24, 2.45) is 11.7 Å². The number of nitrogens with two attached hydrogens (primary N) is 1. The number of likely N-dealkylation sites (N-methyl/N-ethyl adjacent to an activating group) is 1. The molecule has 0 aromatic heterocycles. The van der Waals surface area contributed by atoms with Crippen LogP contribution >= 0.6 is 0 Å². The maximum Gasteiger partial charge on any atom is 0.235 e. The molecule has 0 aromatic carbocycles. The molecule has 1 amide bonds. The van der Waals surface area contributed by atoms with Crippen molar-refractivity contribution in [2.45, 2.75) is 45.1 Å². The molecule has 7 heteroatoms. The van der Waals surface area contributed by atoms with Crippen LogP contribution in [0.4, 0.5) is 0 Å². The van der Waals surface area contributed by atoms with Crippen molar-refractivity contribution >= 4 is 15.9 Å². The summed E-state index contributed by atoms with van der Waals surface area (Å²) in [5.74, 6) is 0.149. The van der Waals surface area contributed by atoms with Gasteiger partial charge in [-0.3, -0.25) is 4.79 Å². The van der Waals surface area contributed by atoms with Crippen molar-refractivity contribution in [3.8, 4) is 0 Å². The van der Waals surface area contributed by atoms with Gasteiger partial charge in [0.15, 0.2) is 0 Å². The average Bonchev–Trinajstić information content (AvgIpc) is 2.45. The van der Waals surface area contributed by atoms with E-state index in [4.69, 9.17) is 5.73 Å². The van der Waals surface area contributed by atoms with Gasteiger partial charge in [-0.2, -0.15) is 4.31 Å². The summed E-state index contributed by atoms with van der Waals surface area (Å²) in [7, 11) is -1.89. The van der Waals surface area contributed by atoms with Crippen molar-refractivity contribution in [1.29, 1.82) is 0 Å². The van der Waals surface area contributed by atoms with Crippen molar-refractivity contribution in [2.75, 3.05) is 25.9 Å². The Bertz CT molecular complexity index is 405. The molecule has 3 N–H and O–H groups in total. The van der Waals surface area contributed by atoms with Gasteiger partial charge in [-0.15, -0.1) is 0 Å². The minimum absolute atomic E-state index is 0.000275. The molecule has 0 aliphatic heterocycles. The van der Waals surface area contributed by atoms with Gasteiger partial charge in [-0.05, 0) is 25.7 Å². The fourth-order valence-corrected chi connectivity index (χ4v) is 3.43. The standard InChI is InChI=1S/C13H27N3O3S/c1-3-20(18,19)16(2)10-13(17)15-12(9-14)11-7-5-4-6-8-11/h11-12H,3-10,14H2,1-2H3,(H,15,17). The molecule has 1 aliphatic carbocycles. The molecule has 118 valence electrons. The maximum absolute atomic E-state index is 12.0. The molecule has 20 heavy (non-hydrogen) atoms. The second-order valence-electron chi connectivity index (χ2n) is 5.46. The van der Waals surface area contributed by atoms with Gasteiger partial charge in [0, 0.05) is 19.6 Å². The Morgan fingerprint density at radius 3 is 2.45 bits per heavy atom. The molecule has 1 saturated carbocycles. The quantitative estimate of drug-likeness (QED) is 0.707. The van der Waals surface area contributed by atoms with Crippen LogP contribution in [0.15, 0.2) is 0 Å². The third-order valence-corrected chi connectivity index (χ3v) is 5.83. The van der Waals surface area contributed by atoms with Crippen LogP contribution in [-0.2, 0) is 14.8 Å². The number of rotatable bonds is 7. The lowest BCUT2D eigenvalue weighted by molar-refractivity contribution is -0.122. The average molecular weight is 305 g/mol. The topological polar surface area (TPSA) is 92.5 Å². The number of amides is 1. The van der Waals surface area contributed by atoms with E-state index in [2.05, 4.69) is 5.32 Å². The second kappa shape index (κ2) is 7.95. The first-order valence-electron chi connectivity index (χ1n) is 7.34. The molecule has 0 saturated heterocycles. The van der Waals surface area contributed by atoms with Crippen LogP contribution in [0.1, 0.15) is 39.0 Å². The van der Waals surface area contributed by atoms with Crippen molar-refractivity contribution in [3.63, 3.8) is 0 Å². The molecular weight excluding hydrogens is 278 g/mol. The van der Waals surface area contributed by atoms with E-state index >= 15 is 0 Å². The summed E-state index contributed by atoms with van der Waals surface area (Å²) in [6.07, 6.45) is 5.79. The minimum atomic E-state index is -3.32. The highest BCUT2D eigenvalue weighted by molar-refractivity contribution is 7.89. The van der Waals surface area contributed by atoms with E-state index in [-0.39, 0.29) is 24.2 Å². The molecule has 0 heterocycles. The Hall–Kier alpha value is -0.660. The molecule has 0 aromatic rings. The van der Waals surface area contributed by atoms with E-state index in [9.17, 15) is 13.2 Å². The first kappa shape index (κ1) is 17.4. The summed E-state index contributed by atoms with van der Waals surface area (Å²) in [6, 6.07) is -0.0412. The van der Waals surface area contributed by atoms with E-state index in [1.165, 1.54) is 26.3 Å². The van der Waals surface area contributed by atoms with Crippen molar-refractivity contribution < 1.29 is 13.2 Å². The molecular formula is C13H27N3O3S. The zero-order chi connectivity index (χ0) is 15.2. The molecule has 0 bridgehead atoms. The lowest BCUT2D eigenvalue weighted by Crippen LogP contribution is -2.49. The van der Waals surface area contributed by atoms with Crippen LogP contribution in [0, 0.1) is 5.92 Å².